The molecule has 0 aromatic carbocycles. The first-order valence-corrected chi connectivity index (χ1v) is 9.63. The lowest BCUT2D eigenvalue weighted by Crippen LogP contribution is -2.54. The molecule has 2 aliphatic rings. The van der Waals surface area contributed by atoms with E-state index in [1.165, 1.54) is 33.3 Å². The Kier molecular flexibility index (Phi) is 7.43. The predicted molar refractivity (Wildman–Crippen MR) is 96.3 cm³/mol. The minimum Gasteiger partial charge on any atom is -0.469 e. The molecule has 0 heterocycles. The summed E-state index contributed by atoms with van der Waals surface area (Å²) in [4.78, 5) is 35.9. The Hall–Kier alpha value is -1.63. The number of methoxy groups -OCH3 is 1. The highest BCUT2D eigenvalue weighted by Gasteiger charge is 2.51. The molecule has 0 aromatic rings. The maximum Gasteiger partial charge on any atom is 0.313 e. The molecular weight excluding hydrogens is 336 g/mol. The summed E-state index contributed by atoms with van der Waals surface area (Å²) in [5, 5.41) is 5.47. The van der Waals surface area contributed by atoms with Gasteiger partial charge >= 0.3 is 5.97 Å². The Balaban J connectivity index is 1.86. The van der Waals surface area contributed by atoms with E-state index in [0.29, 0.717) is 25.4 Å². The topological polar surface area (TPSA) is 93.7 Å². The first-order chi connectivity index (χ1) is 12.4. The van der Waals surface area contributed by atoms with Crippen LogP contribution in [0.25, 0.3) is 0 Å². The summed E-state index contributed by atoms with van der Waals surface area (Å²) >= 11 is 0. The van der Waals surface area contributed by atoms with Crippen LogP contribution in [0.2, 0.25) is 0 Å². The predicted octanol–water partition coefficient (Wildman–Crippen LogP) is 1.55. The number of rotatable bonds is 9. The monoisotopic (exact) mass is 368 g/mol. The van der Waals surface area contributed by atoms with Crippen LogP contribution in [0.5, 0.6) is 0 Å². The highest BCUT2D eigenvalue weighted by Crippen LogP contribution is 2.46. The fourth-order valence-corrected chi connectivity index (χ4v) is 3.54. The molecule has 26 heavy (non-hydrogen) atoms. The Bertz CT molecular complexity index is 512. The molecule has 2 atom stereocenters. The van der Waals surface area contributed by atoms with E-state index in [2.05, 4.69) is 10.6 Å². The average molecular weight is 368 g/mol. The fraction of sp³-hybridized carbons (Fsp3) is 0.842. The van der Waals surface area contributed by atoms with Crippen LogP contribution in [0.4, 0.5) is 0 Å². The van der Waals surface area contributed by atoms with Gasteiger partial charge < -0.3 is 20.1 Å². The second kappa shape index (κ2) is 9.35. The number of nitrogens with one attached hydrogen (secondary N) is 2. The van der Waals surface area contributed by atoms with Crippen LogP contribution in [0.1, 0.15) is 58.8 Å². The van der Waals surface area contributed by atoms with Crippen LogP contribution in [0.15, 0.2) is 0 Å². The molecular formula is C19H32N2O5. The Morgan fingerprint density at radius 2 is 1.81 bits per heavy atom. The lowest BCUT2D eigenvalue weighted by Gasteiger charge is -2.28. The van der Waals surface area contributed by atoms with Crippen molar-refractivity contribution in [1.29, 1.82) is 0 Å². The molecule has 0 bridgehead atoms. The zero-order valence-corrected chi connectivity index (χ0v) is 16.1. The van der Waals surface area contributed by atoms with Gasteiger partial charge in [-0.1, -0.05) is 19.3 Å². The van der Waals surface area contributed by atoms with Crippen molar-refractivity contribution >= 4 is 17.8 Å². The van der Waals surface area contributed by atoms with Crippen molar-refractivity contribution in [2.24, 2.45) is 11.3 Å². The molecule has 2 rings (SSSR count). The van der Waals surface area contributed by atoms with E-state index in [0.717, 1.165) is 12.8 Å². The molecule has 0 spiro atoms. The van der Waals surface area contributed by atoms with Gasteiger partial charge in [0.05, 0.1) is 18.6 Å². The summed E-state index contributed by atoms with van der Waals surface area (Å²) in [7, 11) is 1.35. The lowest BCUT2D eigenvalue weighted by molar-refractivity contribution is -0.147. The number of amides is 2. The third-order valence-electron chi connectivity index (χ3n) is 5.50. The van der Waals surface area contributed by atoms with Gasteiger partial charge in [0.1, 0.15) is 6.04 Å². The molecule has 2 N–H and O–H groups in total. The van der Waals surface area contributed by atoms with Gasteiger partial charge in [0, 0.05) is 20.1 Å². The minimum absolute atomic E-state index is 0.226. The van der Waals surface area contributed by atoms with Crippen LogP contribution in [-0.2, 0) is 23.9 Å². The summed E-state index contributed by atoms with van der Waals surface area (Å²) in [5.41, 5.74) is -0.600. The number of esters is 1. The Labute approximate surface area is 155 Å². The van der Waals surface area contributed by atoms with Gasteiger partial charge in [-0.25, -0.2) is 0 Å². The largest absolute Gasteiger partial charge is 0.469 e. The van der Waals surface area contributed by atoms with Gasteiger partial charge in [0.15, 0.2) is 0 Å². The number of carbonyl (C=O) groups is 3. The molecule has 0 aliphatic heterocycles. The molecule has 2 fully saturated rings. The molecule has 148 valence electrons. The third kappa shape index (κ3) is 5.69. The maximum atomic E-state index is 12.6. The van der Waals surface area contributed by atoms with Crippen LogP contribution in [-0.4, -0.2) is 50.2 Å². The molecule has 0 aromatic heterocycles. The fourth-order valence-electron chi connectivity index (χ4n) is 3.54. The van der Waals surface area contributed by atoms with Crippen LogP contribution in [0, 0.1) is 11.3 Å². The molecule has 0 radical (unpaired) electrons. The average Bonchev–Trinajstić information content (AvgIpc) is 3.43. The SMILES string of the molecule is COC(=O)C1(CNC(=O)C(NC(C)=O)[C@@H](C)OCC2CCCCC2)CC1. The number of ether oxygens (including phenoxy) is 2. The summed E-state index contributed by atoms with van der Waals surface area (Å²) < 4.78 is 10.7. The molecule has 1 unspecified atom stereocenters. The summed E-state index contributed by atoms with van der Waals surface area (Å²) in [6.45, 7) is 4.02. The van der Waals surface area contributed by atoms with Crippen molar-refractivity contribution in [3.63, 3.8) is 0 Å². The van der Waals surface area contributed by atoms with E-state index < -0.39 is 17.6 Å². The first-order valence-electron chi connectivity index (χ1n) is 9.63. The van der Waals surface area contributed by atoms with E-state index in [-0.39, 0.29) is 24.3 Å². The molecule has 2 aliphatic carbocycles. The number of hydrogen-bond acceptors (Lipinski definition) is 5. The quantitative estimate of drug-likeness (QED) is 0.602. The van der Waals surface area contributed by atoms with Crippen LogP contribution < -0.4 is 10.6 Å². The van der Waals surface area contributed by atoms with Gasteiger partial charge in [0.2, 0.25) is 11.8 Å². The maximum absolute atomic E-state index is 12.6. The Morgan fingerprint density at radius 1 is 1.15 bits per heavy atom. The van der Waals surface area contributed by atoms with Crippen molar-refractivity contribution in [3.05, 3.63) is 0 Å². The standard InChI is InChI=1S/C19H32N2O5/c1-13(26-11-15-7-5-4-6-8-15)16(21-14(2)22)17(23)20-12-19(9-10-19)18(24)25-3/h13,15-16H,4-12H2,1-3H3,(H,20,23)(H,21,22)/t13-,16?/m1/s1. The van der Waals surface area contributed by atoms with E-state index in [1.807, 2.05) is 0 Å². The minimum atomic E-state index is -0.774. The summed E-state index contributed by atoms with van der Waals surface area (Å²) in [6.07, 6.45) is 7.04. The van der Waals surface area contributed by atoms with Gasteiger partial charge in [-0.05, 0) is 38.5 Å². The van der Waals surface area contributed by atoms with Crippen molar-refractivity contribution < 1.29 is 23.9 Å². The van der Waals surface area contributed by atoms with Crippen molar-refractivity contribution in [2.75, 3.05) is 20.3 Å². The first kappa shape index (κ1) is 20.7. The van der Waals surface area contributed by atoms with Gasteiger partial charge in [-0.3, -0.25) is 14.4 Å². The second-order valence-corrected chi connectivity index (χ2v) is 7.71. The smallest absolute Gasteiger partial charge is 0.313 e. The molecule has 7 heteroatoms. The van der Waals surface area contributed by atoms with Gasteiger partial charge in [0.25, 0.3) is 0 Å². The van der Waals surface area contributed by atoms with Crippen molar-refractivity contribution in [1.82, 2.24) is 10.6 Å². The highest BCUT2D eigenvalue weighted by atomic mass is 16.5. The zero-order valence-electron chi connectivity index (χ0n) is 16.1. The van der Waals surface area contributed by atoms with Gasteiger partial charge in [-0.2, -0.15) is 0 Å². The second-order valence-electron chi connectivity index (χ2n) is 7.71. The third-order valence-corrected chi connectivity index (χ3v) is 5.50. The summed E-state index contributed by atoms with van der Waals surface area (Å²) in [5.74, 6) is -0.379. The van der Waals surface area contributed by atoms with Gasteiger partial charge in [-0.15, -0.1) is 0 Å². The van der Waals surface area contributed by atoms with Crippen molar-refractivity contribution in [3.8, 4) is 0 Å². The highest BCUT2D eigenvalue weighted by molar-refractivity contribution is 5.88. The van der Waals surface area contributed by atoms with Crippen LogP contribution in [0.3, 0.4) is 0 Å². The van der Waals surface area contributed by atoms with E-state index >= 15 is 0 Å². The molecule has 7 nitrogen and oxygen atoms in total. The van der Waals surface area contributed by atoms with E-state index in [9.17, 15) is 14.4 Å². The molecule has 2 saturated carbocycles. The normalized spacial score (nSPS) is 21.3. The molecule has 2 amide bonds. The van der Waals surface area contributed by atoms with E-state index in [1.54, 1.807) is 6.92 Å². The number of hydrogen-bond donors (Lipinski definition) is 2. The molecule has 0 saturated heterocycles. The summed E-state index contributed by atoms with van der Waals surface area (Å²) in [6, 6.07) is -0.774. The van der Waals surface area contributed by atoms with Crippen LogP contribution >= 0.6 is 0 Å². The van der Waals surface area contributed by atoms with Crippen molar-refractivity contribution in [2.45, 2.75) is 70.9 Å². The Morgan fingerprint density at radius 3 is 2.35 bits per heavy atom. The van der Waals surface area contributed by atoms with E-state index in [4.69, 9.17) is 9.47 Å². The number of carbonyl (C=O) groups excluding carboxylic acids is 3. The lowest BCUT2D eigenvalue weighted by atomic mass is 9.90. The zero-order chi connectivity index (χ0) is 19.2.